The molecular weight excluding hydrogens is 272 g/mol. The number of rotatable bonds is 3. The predicted octanol–water partition coefficient (Wildman–Crippen LogP) is 2.99. The number of aromatic amines is 1. The molecule has 2 heterocycles. The Balaban J connectivity index is 2.04. The molecule has 6 heteroatoms. The summed E-state index contributed by atoms with van der Waals surface area (Å²) in [5.74, 6) is 0.866. The van der Waals surface area contributed by atoms with E-state index in [1.54, 1.807) is 19.5 Å². The van der Waals surface area contributed by atoms with Gasteiger partial charge in [0.05, 0.1) is 6.10 Å². The largest absolute Gasteiger partial charge is 0.381 e. The number of ether oxygens (including phenoxy) is 1. The Morgan fingerprint density at radius 3 is 2.70 bits per heavy atom. The third-order valence-corrected chi connectivity index (χ3v) is 4.65. The van der Waals surface area contributed by atoms with Crippen molar-refractivity contribution in [3.8, 4) is 11.4 Å². The fourth-order valence-electron chi connectivity index (χ4n) is 3.00. The van der Waals surface area contributed by atoms with Crippen LogP contribution in [0, 0.1) is 10.2 Å². The van der Waals surface area contributed by atoms with Gasteiger partial charge in [-0.15, -0.1) is 0 Å². The molecule has 0 amide bonds. The minimum atomic E-state index is 0.0403. The lowest BCUT2D eigenvalue weighted by Crippen LogP contribution is -2.51. The Hall–Kier alpha value is -1.53. The molecule has 2 aromatic rings. The normalized spacial score (nSPS) is 24.4. The Morgan fingerprint density at radius 1 is 1.40 bits per heavy atom. The maximum Gasteiger partial charge on any atom is 0.195 e. The SMILES string of the molecule is COC1CC(n2c(-c3ccncc3)n[nH]c2=S)C1(C)C. The summed E-state index contributed by atoms with van der Waals surface area (Å²) in [5.41, 5.74) is 1.06. The van der Waals surface area contributed by atoms with Crippen LogP contribution in [0.2, 0.25) is 0 Å². The van der Waals surface area contributed by atoms with Gasteiger partial charge in [0.2, 0.25) is 0 Å². The van der Waals surface area contributed by atoms with Crippen molar-refractivity contribution >= 4 is 12.2 Å². The molecule has 1 saturated carbocycles. The van der Waals surface area contributed by atoms with Crippen molar-refractivity contribution in [1.29, 1.82) is 0 Å². The number of H-pyrrole nitrogens is 1. The molecule has 2 aromatic heterocycles. The van der Waals surface area contributed by atoms with Crippen LogP contribution in [0.1, 0.15) is 26.3 Å². The highest BCUT2D eigenvalue weighted by Crippen LogP contribution is 2.52. The molecule has 0 bridgehead atoms. The lowest BCUT2D eigenvalue weighted by Gasteiger charge is -2.51. The maximum absolute atomic E-state index is 5.53. The van der Waals surface area contributed by atoms with Gasteiger partial charge in [0, 0.05) is 36.5 Å². The number of pyridine rings is 1. The van der Waals surface area contributed by atoms with Gasteiger partial charge >= 0.3 is 0 Å². The molecular formula is C14H18N4OS. The van der Waals surface area contributed by atoms with Gasteiger partial charge in [-0.25, -0.2) is 0 Å². The van der Waals surface area contributed by atoms with Crippen molar-refractivity contribution in [3.63, 3.8) is 0 Å². The van der Waals surface area contributed by atoms with Crippen molar-refractivity contribution in [2.75, 3.05) is 7.11 Å². The smallest absolute Gasteiger partial charge is 0.195 e. The summed E-state index contributed by atoms with van der Waals surface area (Å²) in [6.07, 6.45) is 4.74. The van der Waals surface area contributed by atoms with E-state index in [0.29, 0.717) is 10.8 Å². The third kappa shape index (κ3) is 1.91. The van der Waals surface area contributed by atoms with Crippen LogP contribution in [0.3, 0.4) is 0 Å². The first-order valence-corrected chi connectivity index (χ1v) is 7.06. The zero-order valence-electron chi connectivity index (χ0n) is 11.8. The van der Waals surface area contributed by atoms with Gasteiger partial charge in [0.25, 0.3) is 0 Å². The summed E-state index contributed by atoms with van der Waals surface area (Å²) in [6, 6.07) is 4.18. The molecule has 5 nitrogen and oxygen atoms in total. The highest BCUT2D eigenvalue weighted by molar-refractivity contribution is 7.71. The monoisotopic (exact) mass is 290 g/mol. The molecule has 1 N–H and O–H groups in total. The van der Waals surface area contributed by atoms with Crippen LogP contribution in [0.5, 0.6) is 0 Å². The topological polar surface area (TPSA) is 55.7 Å². The Labute approximate surface area is 123 Å². The van der Waals surface area contributed by atoms with E-state index in [0.717, 1.165) is 17.8 Å². The summed E-state index contributed by atoms with van der Waals surface area (Å²) in [5, 5.41) is 7.29. The van der Waals surface area contributed by atoms with Crippen LogP contribution < -0.4 is 0 Å². The van der Waals surface area contributed by atoms with Crippen molar-refractivity contribution < 1.29 is 4.74 Å². The molecule has 0 aromatic carbocycles. The van der Waals surface area contributed by atoms with E-state index in [1.165, 1.54) is 0 Å². The molecule has 106 valence electrons. The van der Waals surface area contributed by atoms with Gasteiger partial charge in [-0.2, -0.15) is 5.10 Å². The summed E-state index contributed by atoms with van der Waals surface area (Å²) < 4.78 is 8.30. The first kappa shape index (κ1) is 13.5. The Morgan fingerprint density at radius 2 is 2.10 bits per heavy atom. The predicted molar refractivity (Wildman–Crippen MR) is 78.9 cm³/mol. The summed E-state index contributed by atoms with van der Waals surface area (Å²) in [6.45, 7) is 4.42. The first-order chi connectivity index (χ1) is 9.55. The number of hydrogen-bond donors (Lipinski definition) is 1. The van der Waals surface area contributed by atoms with E-state index in [9.17, 15) is 0 Å². The molecule has 0 spiro atoms. The van der Waals surface area contributed by atoms with Crippen molar-refractivity contribution in [1.82, 2.24) is 19.7 Å². The summed E-state index contributed by atoms with van der Waals surface area (Å²) in [7, 11) is 1.76. The average molecular weight is 290 g/mol. The van der Waals surface area contributed by atoms with E-state index in [2.05, 4.69) is 33.6 Å². The molecule has 1 fully saturated rings. The van der Waals surface area contributed by atoms with Crippen molar-refractivity contribution in [3.05, 3.63) is 29.3 Å². The van der Waals surface area contributed by atoms with Gasteiger partial charge in [0.1, 0.15) is 0 Å². The van der Waals surface area contributed by atoms with Gasteiger partial charge < -0.3 is 4.74 Å². The minimum absolute atomic E-state index is 0.0403. The number of hydrogen-bond acceptors (Lipinski definition) is 4. The lowest BCUT2D eigenvalue weighted by atomic mass is 9.64. The van der Waals surface area contributed by atoms with Crippen molar-refractivity contribution in [2.45, 2.75) is 32.4 Å². The van der Waals surface area contributed by atoms with E-state index in [-0.39, 0.29) is 11.5 Å². The third-order valence-electron chi connectivity index (χ3n) is 4.37. The highest BCUT2D eigenvalue weighted by atomic mass is 32.1. The van der Waals surface area contributed by atoms with E-state index >= 15 is 0 Å². The molecule has 3 rings (SSSR count). The number of aromatic nitrogens is 4. The summed E-state index contributed by atoms with van der Waals surface area (Å²) in [4.78, 5) is 4.05. The quantitative estimate of drug-likeness (QED) is 0.883. The van der Waals surface area contributed by atoms with E-state index in [4.69, 9.17) is 17.0 Å². The number of methoxy groups -OCH3 is 1. The lowest BCUT2D eigenvalue weighted by molar-refractivity contribution is -0.112. The summed E-state index contributed by atoms with van der Waals surface area (Å²) >= 11 is 5.42. The second kappa shape index (κ2) is 4.79. The van der Waals surface area contributed by atoms with Gasteiger partial charge in [-0.1, -0.05) is 13.8 Å². The van der Waals surface area contributed by atoms with Gasteiger partial charge in [-0.05, 0) is 30.8 Å². The minimum Gasteiger partial charge on any atom is -0.381 e. The van der Waals surface area contributed by atoms with Gasteiger partial charge in [0.15, 0.2) is 10.6 Å². The molecule has 0 aliphatic heterocycles. The molecule has 1 aliphatic carbocycles. The van der Waals surface area contributed by atoms with Crippen LogP contribution >= 0.6 is 12.2 Å². The molecule has 0 saturated heterocycles. The van der Waals surface area contributed by atoms with Crippen LogP contribution in [0.15, 0.2) is 24.5 Å². The molecule has 0 radical (unpaired) electrons. The maximum atomic E-state index is 5.53. The highest BCUT2D eigenvalue weighted by Gasteiger charge is 2.50. The van der Waals surface area contributed by atoms with Crippen LogP contribution in [-0.2, 0) is 4.74 Å². The second-order valence-corrected chi connectivity index (χ2v) is 6.14. The standard InChI is InChI=1S/C14H18N4OS/c1-14(2)10(8-11(14)19-3)18-12(16-17-13(18)20)9-4-6-15-7-5-9/h4-7,10-11H,8H2,1-3H3,(H,17,20). The zero-order chi connectivity index (χ0) is 14.3. The fraction of sp³-hybridized carbons (Fsp3) is 0.500. The average Bonchev–Trinajstić information content (AvgIpc) is 2.81. The zero-order valence-corrected chi connectivity index (χ0v) is 12.6. The molecule has 2 unspecified atom stereocenters. The van der Waals surface area contributed by atoms with Crippen molar-refractivity contribution in [2.24, 2.45) is 5.41 Å². The molecule has 1 aliphatic rings. The Kier molecular flexibility index (Phi) is 3.22. The van der Waals surface area contributed by atoms with Crippen LogP contribution in [0.25, 0.3) is 11.4 Å². The number of nitrogens with zero attached hydrogens (tertiary/aromatic N) is 3. The second-order valence-electron chi connectivity index (χ2n) is 5.76. The van der Waals surface area contributed by atoms with E-state index < -0.39 is 0 Å². The fourth-order valence-corrected chi connectivity index (χ4v) is 3.26. The van der Waals surface area contributed by atoms with Gasteiger partial charge in [-0.3, -0.25) is 14.6 Å². The van der Waals surface area contributed by atoms with E-state index in [1.807, 2.05) is 12.1 Å². The molecule has 20 heavy (non-hydrogen) atoms. The number of nitrogens with one attached hydrogen (secondary N) is 1. The molecule has 2 atom stereocenters. The van der Waals surface area contributed by atoms with Crippen LogP contribution in [0.4, 0.5) is 0 Å². The Bertz CT molecular complexity index is 661. The first-order valence-electron chi connectivity index (χ1n) is 6.65. The van der Waals surface area contributed by atoms with Crippen LogP contribution in [-0.4, -0.2) is 33.0 Å².